The van der Waals surface area contributed by atoms with Gasteiger partial charge in [0.05, 0.1) is 0 Å². The Hall–Kier alpha value is -1.02. The molecule has 0 saturated carbocycles. The van der Waals surface area contributed by atoms with Crippen molar-refractivity contribution in [1.82, 2.24) is 5.32 Å². The number of aryl methyl sites for hydroxylation is 1. The minimum atomic E-state index is 0.656. The third-order valence-electron chi connectivity index (χ3n) is 3.94. The summed E-state index contributed by atoms with van der Waals surface area (Å²) in [5.41, 5.74) is 2.75. The van der Waals surface area contributed by atoms with Crippen LogP contribution in [0.1, 0.15) is 38.2 Å². The van der Waals surface area contributed by atoms with Gasteiger partial charge in [0.2, 0.25) is 0 Å². The molecule has 1 N–H and O–H groups in total. The molecule has 1 aromatic rings. The van der Waals surface area contributed by atoms with Crippen molar-refractivity contribution < 1.29 is 0 Å². The third kappa shape index (κ3) is 3.74. The van der Waals surface area contributed by atoms with Crippen molar-refractivity contribution in [3.05, 3.63) is 29.8 Å². The highest BCUT2D eigenvalue weighted by molar-refractivity contribution is 5.47. The van der Waals surface area contributed by atoms with Gasteiger partial charge in [-0.15, -0.1) is 0 Å². The summed E-state index contributed by atoms with van der Waals surface area (Å²) in [6.07, 6.45) is 6.54. The molecule has 2 heteroatoms. The van der Waals surface area contributed by atoms with E-state index in [4.69, 9.17) is 0 Å². The fourth-order valence-electron chi connectivity index (χ4n) is 2.68. The van der Waals surface area contributed by atoms with Crippen LogP contribution in [0.15, 0.2) is 24.3 Å². The number of nitrogens with one attached hydrogen (secondary N) is 1. The topological polar surface area (TPSA) is 15.3 Å². The van der Waals surface area contributed by atoms with E-state index in [-0.39, 0.29) is 0 Å². The Bertz CT molecular complexity index is 337. The Balaban J connectivity index is 1.90. The second-order valence-electron chi connectivity index (χ2n) is 5.40. The maximum Gasteiger partial charge on any atom is 0.0364 e. The first-order valence-electron chi connectivity index (χ1n) is 7.33. The van der Waals surface area contributed by atoms with Gasteiger partial charge >= 0.3 is 0 Å². The van der Waals surface area contributed by atoms with Crippen LogP contribution in [0.4, 0.5) is 5.69 Å². The minimum Gasteiger partial charge on any atom is -0.373 e. The van der Waals surface area contributed by atoms with Crippen LogP contribution in [-0.4, -0.2) is 26.2 Å². The van der Waals surface area contributed by atoms with Crippen LogP contribution in [-0.2, 0) is 6.42 Å². The van der Waals surface area contributed by atoms with Crippen molar-refractivity contribution in [1.29, 1.82) is 0 Å². The number of likely N-dealkylation sites (N-methyl/N-ethyl adjacent to an activating group) is 1. The monoisotopic (exact) mass is 246 g/mol. The van der Waals surface area contributed by atoms with Gasteiger partial charge in [-0.05, 0) is 43.5 Å². The first-order chi connectivity index (χ1) is 8.79. The van der Waals surface area contributed by atoms with Gasteiger partial charge in [-0.1, -0.05) is 31.9 Å². The molecule has 2 rings (SSSR count). The van der Waals surface area contributed by atoms with Gasteiger partial charge in [-0.2, -0.15) is 0 Å². The number of rotatable bonds is 4. The van der Waals surface area contributed by atoms with Crippen LogP contribution in [0, 0.1) is 0 Å². The van der Waals surface area contributed by atoms with Crippen LogP contribution < -0.4 is 10.2 Å². The van der Waals surface area contributed by atoms with Gasteiger partial charge in [0.1, 0.15) is 0 Å². The van der Waals surface area contributed by atoms with Crippen molar-refractivity contribution in [3.8, 4) is 0 Å². The van der Waals surface area contributed by atoms with Crippen molar-refractivity contribution in [3.63, 3.8) is 0 Å². The molecule has 100 valence electrons. The van der Waals surface area contributed by atoms with Crippen LogP contribution in [0.5, 0.6) is 0 Å². The summed E-state index contributed by atoms with van der Waals surface area (Å²) in [5.74, 6) is 0. The lowest BCUT2D eigenvalue weighted by atomic mass is 10.1. The standard InChI is InChI=1S/C16H26N2/c1-3-14-8-10-16(11-9-14)18(2)13-15-7-5-4-6-12-17-15/h8-11,15,17H,3-7,12-13H2,1-2H3. The number of hydrogen-bond donors (Lipinski definition) is 1. The van der Waals surface area contributed by atoms with Crippen LogP contribution >= 0.6 is 0 Å². The molecular weight excluding hydrogens is 220 g/mol. The maximum atomic E-state index is 3.66. The van der Waals surface area contributed by atoms with E-state index in [0.717, 1.165) is 13.0 Å². The van der Waals surface area contributed by atoms with E-state index < -0.39 is 0 Å². The molecule has 1 aliphatic heterocycles. The molecule has 2 nitrogen and oxygen atoms in total. The van der Waals surface area contributed by atoms with Gasteiger partial charge in [-0.25, -0.2) is 0 Å². The van der Waals surface area contributed by atoms with E-state index in [0.29, 0.717) is 6.04 Å². The molecule has 0 radical (unpaired) electrons. The predicted octanol–water partition coefficient (Wildman–Crippen LogP) is 3.22. The molecule has 1 aromatic carbocycles. The van der Waals surface area contributed by atoms with Crippen molar-refractivity contribution in [2.24, 2.45) is 0 Å². The SMILES string of the molecule is CCc1ccc(N(C)CC2CCCCCN2)cc1. The summed E-state index contributed by atoms with van der Waals surface area (Å²) in [7, 11) is 2.20. The Labute approximate surface area is 111 Å². The first-order valence-corrected chi connectivity index (χ1v) is 7.33. The largest absolute Gasteiger partial charge is 0.373 e. The third-order valence-corrected chi connectivity index (χ3v) is 3.94. The Kier molecular flexibility index (Phi) is 5.06. The summed E-state index contributed by atoms with van der Waals surface area (Å²) in [6.45, 7) is 4.51. The lowest BCUT2D eigenvalue weighted by molar-refractivity contribution is 0.510. The van der Waals surface area contributed by atoms with E-state index in [1.807, 2.05) is 0 Å². The normalized spacial score (nSPS) is 20.4. The van der Waals surface area contributed by atoms with Crippen molar-refractivity contribution >= 4 is 5.69 Å². The molecule has 0 amide bonds. The van der Waals surface area contributed by atoms with Crippen LogP contribution in [0.3, 0.4) is 0 Å². The van der Waals surface area contributed by atoms with E-state index in [1.165, 1.54) is 43.5 Å². The zero-order valence-electron chi connectivity index (χ0n) is 11.8. The summed E-state index contributed by atoms with van der Waals surface area (Å²) < 4.78 is 0. The van der Waals surface area contributed by atoms with Crippen LogP contribution in [0.2, 0.25) is 0 Å². The summed E-state index contributed by atoms with van der Waals surface area (Å²) in [5, 5.41) is 3.66. The number of nitrogens with zero attached hydrogens (tertiary/aromatic N) is 1. The highest BCUT2D eigenvalue weighted by atomic mass is 15.1. The minimum absolute atomic E-state index is 0.656. The summed E-state index contributed by atoms with van der Waals surface area (Å²) >= 11 is 0. The molecule has 0 spiro atoms. The second kappa shape index (κ2) is 6.79. The van der Waals surface area contributed by atoms with E-state index >= 15 is 0 Å². The molecular formula is C16H26N2. The molecule has 0 bridgehead atoms. The lowest BCUT2D eigenvalue weighted by Gasteiger charge is -2.25. The Morgan fingerprint density at radius 3 is 2.67 bits per heavy atom. The molecule has 0 aromatic heterocycles. The molecule has 1 saturated heterocycles. The summed E-state index contributed by atoms with van der Waals surface area (Å²) in [6, 6.07) is 9.63. The summed E-state index contributed by atoms with van der Waals surface area (Å²) in [4.78, 5) is 2.38. The molecule has 1 fully saturated rings. The molecule has 1 heterocycles. The number of benzene rings is 1. The second-order valence-corrected chi connectivity index (χ2v) is 5.40. The van der Waals surface area contributed by atoms with Crippen molar-refractivity contribution in [2.45, 2.75) is 45.1 Å². The van der Waals surface area contributed by atoms with E-state index in [9.17, 15) is 0 Å². The maximum absolute atomic E-state index is 3.66. The average Bonchev–Trinajstić information content (AvgIpc) is 2.67. The highest BCUT2D eigenvalue weighted by Gasteiger charge is 2.13. The average molecular weight is 246 g/mol. The molecule has 1 aliphatic rings. The van der Waals surface area contributed by atoms with Gasteiger partial charge < -0.3 is 10.2 Å². The predicted molar refractivity (Wildman–Crippen MR) is 79.3 cm³/mol. The fourth-order valence-corrected chi connectivity index (χ4v) is 2.68. The van der Waals surface area contributed by atoms with Crippen LogP contribution in [0.25, 0.3) is 0 Å². The Morgan fingerprint density at radius 1 is 1.17 bits per heavy atom. The van der Waals surface area contributed by atoms with E-state index in [1.54, 1.807) is 0 Å². The Morgan fingerprint density at radius 2 is 1.94 bits per heavy atom. The lowest BCUT2D eigenvalue weighted by Crippen LogP contribution is -2.39. The molecule has 1 unspecified atom stereocenters. The van der Waals surface area contributed by atoms with Gasteiger partial charge in [0.25, 0.3) is 0 Å². The van der Waals surface area contributed by atoms with Gasteiger partial charge in [-0.3, -0.25) is 0 Å². The quantitative estimate of drug-likeness (QED) is 0.877. The zero-order chi connectivity index (χ0) is 12.8. The molecule has 1 atom stereocenters. The van der Waals surface area contributed by atoms with Gasteiger partial charge in [0.15, 0.2) is 0 Å². The molecule has 0 aliphatic carbocycles. The fraction of sp³-hybridized carbons (Fsp3) is 0.625. The molecule has 18 heavy (non-hydrogen) atoms. The zero-order valence-corrected chi connectivity index (χ0v) is 11.8. The number of anilines is 1. The first kappa shape index (κ1) is 13.4. The smallest absolute Gasteiger partial charge is 0.0364 e. The van der Waals surface area contributed by atoms with Crippen molar-refractivity contribution in [2.75, 3.05) is 25.0 Å². The van der Waals surface area contributed by atoms with Gasteiger partial charge in [0, 0.05) is 25.3 Å². The number of hydrogen-bond acceptors (Lipinski definition) is 2. The highest BCUT2D eigenvalue weighted by Crippen LogP contribution is 2.16. The van der Waals surface area contributed by atoms with E-state index in [2.05, 4.69) is 48.5 Å².